The molecule has 0 aliphatic carbocycles. The number of likely N-dealkylation sites (tertiary alicyclic amines) is 1. The zero-order valence-corrected chi connectivity index (χ0v) is 11.2. The van der Waals surface area contributed by atoms with Crippen LogP contribution in [0.5, 0.6) is 0 Å². The third kappa shape index (κ3) is 3.10. The van der Waals surface area contributed by atoms with Crippen molar-refractivity contribution in [2.45, 2.75) is 31.9 Å². The number of hydrogen-bond acceptors (Lipinski definition) is 3. The molecule has 1 fully saturated rings. The number of aliphatic hydroxyl groups is 1. The first-order valence-corrected chi connectivity index (χ1v) is 6.67. The Bertz CT molecular complexity index is 418. The first kappa shape index (κ1) is 13.5. The molecule has 2 rings (SSSR count). The molecule has 1 aliphatic rings. The minimum Gasteiger partial charge on any atom is -0.392 e. The van der Waals surface area contributed by atoms with Crippen LogP contribution in [0.25, 0.3) is 0 Å². The van der Waals surface area contributed by atoms with E-state index in [1.54, 1.807) is 24.3 Å². The van der Waals surface area contributed by atoms with E-state index in [1.807, 2.05) is 11.8 Å². The van der Waals surface area contributed by atoms with Crippen LogP contribution in [0.3, 0.4) is 0 Å². The summed E-state index contributed by atoms with van der Waals surface area (Å²) in [6, 6.07) is 6.77. The molecule has 4 heteroatoms. The number of nitrogens with zero attached hydrogens (tertiary/aromatic N) is 1. The minimum absolute atomic E-state index is 0.0840. The number of rotatable bonds is 3. The smallest absolute Gasteiger partial charge is 0.179 e. The quantitative estimate of drug-likeness (QED) is 0.855. The number of halogens is 1. The molecule has 18 heavy (non-hydrogen) atoms. The largest absolute Gasteiger partial charge is 0.392 e. The van der Waals surface area contributed by atoms with E-state index in [1.165, 1.54) is 0 Å². The van der Waals surface area contributed by atoms with Crippen molar-refractivity contribution in [3.63, 3.8) is 0 Å². The normalized spacial score (nSPS) is 22.7. The Morgan fingerprint density at radius 1 is 1.44 bits per heavy atom. The molecule has 1 saturated heterocycles. The molecule has 2 atom stereocenters. The van der Waals surface area contributed by atoms with Crippen LogP contribution in [-0.2, 0) is 0 Å². The van der Waals surface area contributed by atoms with Crippen molar-refractivity contribution in [1.29, 1.82) is 0 Å². The highest BCUT2D eigenvalue weighted by molar-refractivity contribution is 6.30. The van der Waals surface area contributed by atoms with Gasteiger partial charge in [0.05, 0.1) is 12.1 Å². The molecule has 0 radical (unpaired) electrons. The summed E-state index contributed by atoms with van der Waals surface area (Å²) in [4.78, 5) is 14.3. The minimum atomic E-state index is -0.306. The third-order valence-corrected chi connectivity index (χ3v) is 3.74. The molecule has 0 bridgehead atoms. The summed E-state index contributed by atoms with van der Waals surface area (Å²) in [5.74, 6) is 0.0840. The van der Waals surface area contributed by atoms with Crippen LogP contribution in [0.15, 0.2) is 24.3 Å². The van der Waals surface area contributed by atoms with E-state index < -0.39 is 0 Å². The van der Waals surface area contributed by atoms with Crippen molar-refractivity contribution in [3.8, 4) is 0 Å². The summed E-state index contributed by atoms with van der Waals surface area (Å²) < 4.78 is 0. The van der Waals surface area contributed by atoms with Crippen LogP contribution in [0, 0.1) is 0 Å². The van der Waals surface area contributed by atoms with Crippen molar-refractivity contribution < 1.29 is 9.90 Å². The molecule has 1 aliphatic heterocycles. The van der Waals surface area contributed by atoms with Gasteiger partial charge in [-0.2, -0.15) is 0 Å². The van der Waals surface area contributed by atoms with Crippen LogP contribution >= 0.6 is 11.6 Å². The number of ketones is 1. The summed E-state index contributed by atoms with van der Waals surface area (Å²) in [6.45, 7) is 3.35. The Morgan fingerprint density at radius 3 is 2.72 bits per heavy atom. The van der Waals surface area contributed by atoms with Gasteiger partial charge in [0, 0.05) is 17.1 Å². The fourth-order valence-electron chi connectivity index (χ4n) is 2.36. The molecular weight excluding hydrogens is 250 g/mol. The average Bonchev–Trinajstić information content (AvgIpc) is 2.38. The van der Waals surface area contributed by atoms with Gasteiger partial charge in [-0.05, 0) is 50.6 Å². The van der Waals surface area contributed by atoms with Gasteiger partial charge >= 0.3 is 0 Å². The number of piperidine rings is 1. The molecule has 98 valence electrons. The molecular formula is C14H18ClNO2. The number of aliphatic hydroxyl groups excluding tert-OH is 1. The fourth-order valence-corrected chi connectivity index (χ4v) is 2.48. The van der Waals surface area contributed by atoms with Crippen LogP contribution in [0.4, 0.5) is 0 Å². The molecule has 1 N–H and O–H groups in total. The second-order valence-corrected chi connectivity index (χ2v) is 5.27. The summed E-state index contributed by atoms with van der Waals surface area (Å²) in [6.07, 6.45) is 1.47. The predicted octanol–water partition coefficient (Wildman–Crippen LogP) is 2.37. The van der Waals surface area contributed by atoms with Crippen molar-refractivity contribution in [3.05, 3.63) is 34.9 Å². The lowest BCUT2D eigenvalue weighted by Crippen LogP contribution is -2.46. The lowest BCUT2D eigenvalue weighted by Gasteiger charge is -2.34. The Kier molecular flexibility index (Phi) is 4.38. The fraction of sp³-hybridized carbons (Fsp3) is 0.500. The van der Waals surface area contributed by atoms with Crippen molar-refractivity contribution >= 4 is 17.4 Å². The zero-order chi connectivity index (χ0) is 13.1. The van der Waals surface area contributed by atoms with Gasteiger partial charge in [0.1, 0.15) is 0 Å². The Morgan fingerprint density at radius 2 is 2.11 bits per heavy atom. The van der Waals surface area contributed by atoms with E-state index in [-0.39, 0.29) is 17.9 Å². The van der Waals surface area contributed by atoms with Gasteiger partial charge in [-0.25, -0.2) is 0 Å². The second kappa shape index (κ2) is 5.83. The molecule has 1 aromatic carbocycles. The van der Waals surface area contributed by atoms with E-state index in [0.29, 0.717) is 17.1 Å². The Balaban J connectivity index is 2.06. The van der Waals surface area contributed by atoms with Gasteiger partial charge in [0.25, 0.3) is 0 Å². The molecule has 0 saturated carbocycles. The zero-order valence-electron chi connectivity index (χ0n) is 10.5. The first-order chi connectivity index (χ1) is 8.58. The molecule has 2 unspecified atom stereocenters. The van der Waals surface area contributed by atoms with Gasteiger partial charge in [0.15, 0.2) is 5.78 Å². The SMILES string of the molecule is CC(C(=O)c1ccc(Cl)cc1)N1CCCC(O)C1. The molecule has 1 heterocycles. The van der Waals surface area contributed by atoms with E-state index in [9.17, 15) is 9.90 Å². The van der Waals surface area contributed by atoms with Gasteiger partial charge in [-0.1, -0.05) is 11.6 Å². The van der Waals surface area contributed by atoms with Crippen LogP contribution in [0.2, 0.25) is 5.02 Å². The van der Waals surface area contributed by atoms with Crippen molar-refractivity contribution in [2.75, 3.05) is 13.1 Å². The lowest BCUT2D eigenvalue weighted by atomic mass is 10.0. The Labute approximate surface area is 112 Å². The van der Waals surface area contributed by atoms with Gasteiger partial charge in [-0.3, -0.25) is 9.69 Å². The van der Waals surface area contributed by atoms with E-state index in [4.69, 9.17) is 11.6 Å². The van der Waals surface area contributed by atoms with E-state index in [0.717, 1.165) is 19.4 Å². The standard InChI is InChI=1S/C14H18ClNO2/c1-10(16-8-2-3-13(17)9-16)14(18)11-4-6-12(15)7-5-11/h4-7,10,13,17H,2-3,8-9H2,1H3. The molecule has 0 amide bonds. The highest BCUT2D eigenvalue weighted by atomic mass is 35.5. The van der Waals surface area contributed by atoms with Crippen molar-refractivity contribution in [1.82, 2.24) is 4.90 Å². The maximum absolute atomic E-state index is 12.3. The Hall–Kier alpha value is -0.900. The summed E-state index contributed by atoms with van der Waals surface area (Å²) >= 11 is 5.81. The summed E-state index contributed by atoms with van der Waals surface area (Å²) in [5.41, 5.74) is 0.673. The number of β-amino-alcohol motifs (C(OH)–C–C–N with tert-alkyl or cyclic N) is 1. The van der Waals surface area contributed by atoms with Gasteiger partial charge in [-0.15, -0.1) is 0 Å². The van der Waals surface area contributed by atoms with Crippen LogP contribution < -0.4 is 0 Å². The third-order valence-electron chi connectivity index (χ3n) is 3.48. The molecule has 1 aromatic rings. The number of carbonyl (C=O) groups is 1. The second-order valence-electron chi connectivity index (χ2n) is 4.84. The van der Waals surface area contributed by atoms with E-state index in [2.05, 4.69) is 0 Å². The summed E-state index contributed by atoms with van der Waals surface area (Å²) in [5, 5.41) is 10.3. The van der Waals surface area contributed by atoms with Crippen LogP contribution in [0.1, 0.15) is 30.1 Å². The number of carbonyl (C=O) groups excluding carboxylic acids is 1. The number of Topliss-reactive ketones (excluding diaryl/α,β-unsaturated/α-hetero) is 1. The van der Waals surface area contributed by atoms with Gasteiger partial charge in [0.2, 0.25) is 0 Å². The topological polar surface area (TPSA) is 40.5 Å². The van der Waals surface area contributed by atoms with Crippen LogP contribution in [-0.4, -0.2) is 41.0 Å². The molecule has 0 spiro atoms. The number of hydrogen-bond donors (Lipinski definition) is 1. The monoisotopic (exact) mass is 267 g/mol. The summed E-state index contributed by atoms with van der Waals surface area (Å²) in [7, 11) is 0. The maximum atomic E-state index is 12.3. The molecule has 3 nitrogen and oxygen atoms in total. The highest BCUT2D eigenvalue weighted by Crippen LogP contribution is 2.17. The maximum Gasteiger partial charge on any atom is 0.179 e. The first-order valence-electron chi connectivity index (χ1n) is 6.30. The highest BCUT2D eigenvalue weighted by Gasteiger charge is 2.26. The lowest BCUT2D eigenvalue weighted by molar-refractivity contribution is 0.0454. The van der Waals surface area contributed by atoms with Gasteiger partial charge < -0.3 is 5.11 Å². The predicted molar refractivity (Wildman–Crippen MR) is 72.1 cm³/mol. The molecule has 0 aromatic heterocycles. The average molecular weight is 268 g/mol. The number of benzene rings is 1. The van der Waals surface area contributed by atoms with E-state index >= 15 is 0 Å². The van der Waals surface area contributed by atoms with Crippen molar-refractivity contribution in [2.24, 2.45) is 0 Å².